The van der Waals surface area contributed by atoms with Crippen LogP contribution in [-0.4, -0.2) is 39.1 Å². The summed E-state index contributed by atoms with van der Waals surface area (Å²) in [5.41, 5.74) is 6.42. The van der Waals surface area contributed by atoms with Crippen LogP contribution in [0.25, 0.3) is 21.8 Å². The standard InChI is InChI=1S/C25H26FN5O2/c1-16(2)30-13-20(18-6-3-4-7-22(18)30)25-28-27-24(15-33)31(25)23-14-29(10-5-11-32)21-9-8-17(26)12-19(21)23/h3-4,6-9,12-16,24,27,32H,5,10-11H2,1-2H3. The number of carbonyl (C=O) groups is 1. The molecule has 0 fully saturated rings. The van der Waals surface area contributed by atoms with Gasteiger partial charge < -0.3 is 14.2 Å². The number of hydrogen-bond donors (Lipinski definition) is 2. The Morgan fingerprint density at radius 2 is 1.97 bits per heavy atom. The Balaban J connectivity index is 1.70. The topological polar surface area (TPSA) is 74.8 Å². The molecule has 4 aromatic rings. The maximum atomic E-state index is 14.3. The fraction of sp³-hybridized carbons (Fsp3) is 0.280. The van der Waals surface area contributed by atoms with Crippen molar-refractivity contribution in [2.75, 3.05) is 11.5 Å². The Bertz CT molecular complexity index is 1370. The highest BCUT2D eigenvalue weighted by atomic mass is 19.1. The minimum atomic E-state index is -0.721. The molecule has 8 heteroatoms. The van der Waals surface area contributed by atoms with E-state index < -0.39 is 6.17 Å². The first-order valence-corrected chi connectivity index (χ1v) is 11.1. The van der Waals surface area contributed by atoms with Crippen LogP contribution in [0.3, 0.4) is 0 Å². The van der Waals surface area contributed by atoms with Gasteiger partial charge in [-0.1, -0.05) is 18.2 Å². The van der Waals surface area contributed by atoms with Crippen molar-refractivity contribution in [1.82, 2.24) is 14.6 Å². The molecule has 0 saturated carbocycles. The van der Waals surface area contributed by atoms with Gasteiger partial charge in [-0.15, -0.1) is 0 Å². The van der Waals surface area contributed by atoms with Gasteiger partial charge in [0.25, 0.3) is 0 Å². The number of nitrogens with one attached hydrogen (secondary N) is 1. The van der Waals surface area contributed by atoms with Gasteiger partial charge in [-0.05, 0) is 44.5 Å². The van der Waals surface area contributed by atoms with Crippen molar-refractivity contribution in [3.05, 3.63) is 66.2 Å². The number of anilines is 1. The molecular formula is C25H26FN5O2. The van der Waals surface area contributed by atoms with Crippen molar-refractivity contribution < 1.29 is 14.3 Å². The van der Waals surface area contributed by atoms with Crippen molar-refractivity contribution in [2.45, 2.75) is 39.0 Å². The van der Waals surface area contributed by atoms with E-state index in [0.29, 0.717) is 29.9 Å². The number of aromatic nitrogens is 2. The summed E-state index contributed by atoms with van der Waals surface area (Å²) in [5.74, 6) is 0.251. The smallest absolute Gasteiger partial charge is 0.177 e. The lowest BCUT2D eigenvalue weighted by Gasteiger charge is -2.23. The molecule has 2 aromatic heterocycles. The second-order valence-corrected chi connectivity index (χ2v) is 8.52. The van der Waals surface area contributed by atoms with Crippen molar-refractivity contribution in [3.8, 4) is 0 Å². The predicted octanol–water partition coefficient (Wildman–Crippen LogP) is 3.99. The van der Waals surface area contributed by atoms with E-state index in [-0.39, 0.29) is 18.5 Å². The number of aliphatic hydroxyl groups is 1. The average molecular weight is 448 g/mol. The summed E-state index contributed by atoms with van der Waals surface area (Å²) in [6, 6.07) is 13.0. The van der Waals surface area contributed by atoms with Crippen LogP contribution in [-0.2, 0) is 11.3 Å². The molecule has 33 heavy (non-hydrogen) atoms. The number of aldehydes is 1. The fourth-order valence-corrected chi connectivity index (χ4v) is 4.59. The van der Waals surface area contributed by atoms with E-state index in [1.165, 1.54) is 12.1 Å². The average Bonchev–Trinajstić information content (AvgIpc) is 3.50. The quantitative estimate of drug-likeness (QED) is 0.420. The van der Waals surface area contributed by atoms with E-state index in [0.717, 1.165) is 28.3 Å². The molecule has 0 radical (unpaired) electrons. The molecule has 1 aliphatic rings. The van der Waals surface area contributed by atoms with E-state index in [2.05, 4.69) is 41.2 Å². The molecule has 0 aliphatic carbocycles. The molecule has 1 unspecified atom stereocenters. The number of hydrazone groups is 1. The second-order valence-electron chi connectivity index (χ2n) is 8.52. The summed E-state index contributed by atoms with van der Waals surface area (Å²) in [7, 11) is 0. The van der Waals surface area contributed by atoms with Crippen LogP contribution < -0.4 is 10.3 Å². The molecule has 2 N–H and O–H groups in total. The molecular weight excluding hydrogens is 421 g/mol. The van der Waals surface area contributed by atoms with Gasteiger partial charge in [-0.3, -0.25) is 15.1 Å². The van der Waals surface area contributed by atoms with Crippen LogP contribution in [0.4, 0.5) is 10.1 Å². The lowest BCUT2D eigenvalue weighted by Crippen LogP contribution is -2.41. The van der Waals surface area contributed by atoms with Gasteiger partial charge in [-0.25, -0.2) is 4.39 Å². The van der Waals surface area contributed by atoms with E-state index in [1.54, 1.807) is 6.07 Å². The number of hydrogen-bond acceptors (Lipinski definition) is 5. The highest BCUT2D eigenvalue weighted by Crippen LogP contribution is 2.35. The molecule has 2 aromatic carbocycles. The Morgan fingerprint density at radius 3 is 2.73 bits per heavy atom. The summed E-state index contributed by atoms with van der Waals surface area (Å²) in [5, 5.41) is 15.6. The van der Waals surface area contributed by atoms with Gasteiger partial charge >= 0.3 is 0 Å². The first kappa shape index (κ1) is 21.2. The summed E-state index contributed by atoms with van der Waals surface area (Å²) in [4.78, 5) is 13.9. The number of benzene rings is 2. The zero-order valence-electron chi connectivity index (χ0n) is 18.6. The number of para-hydroxylation sites is 1. The number of amidine groups is 1. The van der Waals surface area contributed by atoms with Gasteiger partial charge in [0.15, 0.2) is 18.3 Å². The number of aryl methyl sites for hydroxylation is 1. The van der Waals surface area contributed by atoms with Gasteiger partial charge in [0.1, 0.15) is 5.82 Å². The predicted molar refractivity (Wildman–Crippen MR) is 128 cm³/mol. The Labute approximate surface area is 190 Å². The van der Waals surface area contributed by atoms with Gasteiger partial charge in [-0.2, -0.15) is 5.10 Å². The number of nitrogens with zero attached hydrogens (tertiary/aromatic N) is 4. The van der Waals surface area contributed by atoms with E-state index in [9.17, 15) is 14.3 Å². The Morgan fingerprint density at radius 1 is 1.15 bits per heavy atom. The number of carbonyl (C=O) groups excluding carboxylic acids is 1. The third-order valence-corrected chi connectivity index (χ3v) is 6.11. The second kappa shape index (κ2) is 8.37. The SMILES string of the molecule is CC(C)n1cc(C2=NNC(C=O)N2c2cn(CCCO)c3ccc(F)cc23)c2ccccc21. The Hall–Kier alpha value is -3.65. The first-order valence-electron chi connectivity index (χ1n) is 11.1. The molecule has 170 valence electrons. The van der Waals surface area contributed by atoms with Crippen LogP contribution in [0, 0.1) is 5.82 Å². The maximum Gasteiger partial charge on any atom is 0.177 e. The van der Waals surface area contributed by atoms with Gasteiger partial charge in [0, 0.05) is 53.4 Å². The zero-order chi connectivity index (χ0) is 23.1. The molecule has 0 saturated heterocycles. The molecule has 1 atom stereocenters. The summed E-state index contributed by atoms with van der Waals surface area (Å²) in [6.45, 7) is 4.87. The largest absolute Gasteiger partial charge is 0.396 e. The van der Waals surface area contributed by atoms with Crippen LogP contribution in [0.5, 0.6) is 0 Å². The molecule has 7 nitrogen and oxygen atoms in total. The lowest BCUT2D eigenvalue weighted by atomic mass is 10.1. The van der Waals surface area contributed by atoms with Crippen LogP contribution in [0.15, 0.2) is 60.0 Å². The van der Waals surface area contributed by atoms with E-state index in [4.69, 9.17) is 0 Å². The number of aliphatic hydroxyl groups excluding tert-OH is 1. The lowest BCUT2D eigenvalue weighted by molar-refractivity contribution is -0.109. The van der Waals surface area contributed by atoms with E-state index in [1.807, 2.05) is 33.9 Å². The highest BCUT2D eigenvalue weighted by Gasteiger charge is 2.34. The third-order valence-electron chi connectivity index (χ3n) is 6.11. The number of halogens is 1. The van der Waals surface area contributed by atoms with Crippen LogP contribution in [0.2, 0.25) is 0 Å². The normalized spacial score (nSPS) is 16.1. The zero-order valence-corrected chi connectivity index (χ0v) is 18.6. The first-order chi connectivity index (χ1) is 16.0. The van der Waals surface area contributed by atoms with Crippen LogP contribution >= 0.6 is 0 Å². The van der Waals surface area contributed by atoms with Gasteiger partial charge in [0.05, 0.1) is 11.2 Å². The number of rotatable bonds is 7. The minimum Gasteiger partial charge on any atom is -0.396 e. The van der Waals surface area contributed by atoms with Crippen molar-refractivity contribution in [1.29, 1.82) is 0 Å². The summed E-state index contributed by atoms with van der Waals surface area (Å²) < 4.78 is 18.4. The third kappa shape index (κ3) is 3.47. The van der Waals surface area contributed by atoms with E-state index >= 15 is 0 Å². The molecule has 0 spiro atoms. The number of fused-ring (bicyclic) bond motifs is 2. The molecule has 5 rings (SSSR count). The van der Waals surface area contributed by atoms with Gasteiger partial charge in [0.2, 0.25) is 0 Å². The molecule has 0 amide bonds. The molecule has 0 bridgehead atoms. The fourth-order valence-electron chi connectivity index (χ4n) is 4.59. The summed E-state index contributed by atoms with van der Waals surface area (Å²) >= 11 is 0. The Kier molecular flexibility index (Phi) is 5.38. The summed E-state index contributed by atoms with van der Waals surface area (Å²) in [6.07, 6.45) is 4.61. The van der Waals surface area contributed by atoms with Crippen LogP contribution in [0.1, 0.15) is 31.9 Å². The molecule has 3 heterocycles. The molecule has 1 aliphatic heterocycles. The highest BCUT2D eigenvalue weighted by molar-refractivity contribution is 6.21. The maximum absolute atomic E-state index is 14.3. The van der Waals surface area contributed by atoms with Crippen molar-refractivity contribution in [3.63, 3.8) is 0 Å². The monoisotopic (exact) mass is 447 g/mol. The van der Waals surface area contributed by atoms with Crippen molar-refractivity contribution in [2.24, 2.45) is 5.10 Å². The minimum absolute atomic E-state index is 0.0554. The van der Waals surface area contributed by atoms with Crippen molar-refractivity contribution >= 4 is 39.6 Å².